The first kappa shape index (κ1) is 14.8. The first-order valence-electron chi connectivity index (χ1n) is 6.34. The van der Waals surface area contributed by atoms with Crippen molar-refractivity contribution in [3.8, 4) is 6.07 Å². The summed E-state index contributed by atoms with van der Waals surface area (Å²) in [6.45, 7) is 6.95. The minimum Gasteiger partial charge on any atom is -0.384 e. The average Bonchev–Trinajstić information content (AvgIpc) is 2.38. The Bertz CT molecular complexity index is 424. The lowest BCUT2D eigenvalue weighted by molar-refractivity contribution is 0.652. The van der Waals surface area contributed by atoms with Gasteiger partial charge in [-0.2, -0.15) is 5.26 Å². The van der Waals surface area contributed by atoms with Gasteiger partial charge in [-0.1, -0.05) is 24.9 Å². The molecule has 0 spiro atoms. The third kappa shape index (κ3) is 4.21. The molecule has 1 rings (SSSR count). The van der Waals surface area contributed by atoms with Crippen LogP contribution in [0.4, 0.5) is 5.69 Å². The number of nitrogens with zero attached hydrogens (tertiary/aromatic N) is 1. The summed E-state index contributed by atoms with van der Waals surface area (Å²) in [5.41, 5.74) is 2.46. The van der Waals surface area contributed by atoms with Crippen LogP contribution in [0.1, 0.15) is 30.9 Å². The maximum absolute atomic E-state index is 8.87. The van der Waals surface area contributed by atoms with Crippen molar-refractivity contribution in [2.24, 2.45) is 0 Å². The Kier molecular flexibility index (Phi) is 6.56. The van der Waals surface area contributed by atoms with E-state index in [0.29, 0.717) is 10.6 Å². The van der Waals surface area contributed by atoms with Crippen molar-refractivity contribution in [1.29, 1.82) is 5.26 Å². The molecule has 0 saturated heterocycles. The zero-order valence-corrected chi connectivity index (χ0v) is 11.8. The van der Waals surface area contributed by atoms with E-state index in [2.05, 4.69) is 23.6 Å². The Morgan fingerprint density at radius 1 is 1.28 bits per heavy atom. The lowest BCUT2D eigenvalue weighted by atomic mass is 10.1. The number of hydrogen-bond acceptors (Lipinski definition) is 3. The summed E-state index contributed by atoms with van der Waals surface area (Å²) < 4.78 is 0. The molecule has 0 aliphatic carbocycles. The van der Waals surface area contributed by atoms with Gasteiger partial charge < -0.3 is 10.6 Å². The quantitative estimate of drug-likeness (QED) is 0.744. The number of anilines is 1. The van der Waals surface area contributed by atoms with Crippen LogP contribution in [0.5, 0.6) is 0 Å². The summed E-state index contributed by atoms with van der Waals surface area (Å²) in [6, 6.07) is 5.74. The summed E-state index contributed by atoms with van der Waals surface area (Å²) in [5.74, 6) is 0. The molecule has 3 nitrogen and oxygen atoms in total. The molecule has 18 heavy (non-hydrogen) atoms. The Morgan fingerprint density at radius 2 is 2.06 bits per heavy atom. The molecule has 0 fully saturated rings. The number of halogens is 1. The fraction of sp³-hybridized carbons (Fsp3) is 0.500. The normalized spacial score (nSPS) is 10.1. The maximum Gasteiger partial charge on any atom is 0.101 e. The average molecular weight is 266 g/mol. The second-order valence-corrected chi connectivity index (χ2v) is 4.62. The molecule has 1 aromatic rings. The Morgan fingerprint density at radius 3 is 2.72 bits per heavy atom. The third-order valence-electron chi connectivity index (χ3n) is 2.83. The van der Waals surface area contributed by atoms with E-state index in [1.807, 2.05) is 13.0 Å². The van der Waals surface area contributed by atoms with E-state index in [4.69, 9.17) is 16.9 Å². The van der Waals surface area contributed by atoms with E-state index in [1.165, 1.54) is 12.8 Å². The zero-order chi connectivity index (χ0) is 13.4. The fourth-order valence-electron chi connectivity index (χ4n) is 1.68. The van der Waals surface area contributed by atoms with Gasteiger partial charge in [0.2, 0.25) is 0 Å². The minimum absolute atomic E-state index is 0.529. The molecule has 0 saturated carbocycles. The van der Waals surface area contributed by atoms with Crippen molar-refractivity contribution in [2.75, 3.05) is 25.0 Å². The topological polar surface area (TPSA) is 47.8 Å². The molecular formula is C14H20ClN3. The third-order valence-corrected chi connectivity index (χ3v) is 3.32. The van der Waals surface area contributed by atoms with Crippen LogP contribution in [-0.4, -0.2) is 19.6 Å². The smallest absolute Gasteiger partial charge is 0.101 e. The highest BCUT2D eigenvalue weighted by molar-refractivity contribution is 6.32. The Balaban J connectivity index is 2.44. The van der Waals surface area contributed by atoms with Gasteiger partial charge in [-0.05, 0) is 37.6 Å². The van der Waals surface area contributed by atoms with Gasteiger partial charge in [0.1, 0.15) is 6.07 Å². The Labute approximate surface area is 114 Å². The van der Waals surface area contributed by atoms with Crippen molar-refractivity contribution < 1.29 is 0 Å². The van der Waals surface area contributed by atoms with Crippen molar-refractivity contribution >= 4 is 17.3 Å². The molecule has 0 radical (unpaired) electrons. The predicted octanol–water partition coefficient (Wildman–Crippen LogP) is 3.32. The van der Waals surface area contributed by atoms with Gasteiger partial charge in [0, 0.05) is 18.8 Å². The molecule has 2 N–H and O–H groups in total. The molecule has 4 heteroatoms. The second-order valence-electron chi connectivity index (χ2n) is 4.24. The fourth-order valence-corrected chi connectivity index (χ4v) is 1.88. The minimum atomic E-state index is 0.529. The molecular weight excluding hydrogens is 246 g/mol. The van der Waals surface area contributed by atoms with Gasteiger partial charge in [0.05, 0.1) is 10.6 Å². The van der Waals surface area contributed by atoms with Crippen LogP contribution in [0.2, 0.25) is 5.02 Å². The van der Waals surface area contributed by atoms with E-state index in [9.17, 15) is 0 Å². The van der Waals surface area contributed by atoms with E-state index >= 15 is 0 Å². The van der Waals surface area contributed by atoms with Gasteiger partial charge in [-0.3, -0.25) is 0 Å². The van der Waals surface area contributed by atoms with E-state index in [1.54, 1.807) is 6.07 Å². The molecule has 1 aromatic carbocycles. The zero-order valence-electron chi connectivity index (χ0n) is 11.0. The number of nitriles is 1. The highest BCUT2D eigenvalue weighted by Crippen LogP contribution is 2.26. The van der Waals surface area contributed by atoms with Crippen LogP contribution in [0.3, 0.4) is 0 Å². The lowest BCUT2D eigenvalue weighted by Crippen LogP contribution is -2.23. The summed E-state index contributed by atoms with van der Waals surface area (Å²) in [5, 5.41) is 16.1. The summed E-state index contributed by atoms with van der Waals surface area (Å²) in [6.07, 6.45) is 2.42. The Hall–Kier alpha value is -1.24. The predicted molar refractivity (Wildman–Crippen MR) is 77.2 cm³/mol. The summed E-state index contributed by atoms with van der Waals surface area (Å²) in [7, 11) is 0. The molecule has 0 bridgehead atoms. The molecule has 0 amide bonds. The molecule has 0 aliphatic rings. The monoisotopic (exact) mass is 265 g/mol. The molecule has 98 valence electrons. The number of benzene rings is 1. The molecule has 0 heterocycles. The highest BCUT2D eigenvalue weighted by atomic mass is 35.5. The summed E-state index contributed by atoms with van der Waals surface area (Å²) >= 11 is 6.10. The van der Waals surface area contributed by atoms with Crippen molar-refractivity contribution in [1.82, 2.24) is 5.32 Å². The van der Waals surface area contributed by atoms with Crippen LogP contribution >= 0.6 is 11.6 Å². The van der Waals surface area contributed by atoms with Crippen LogP contribution in [0.15, 0.2) is 12.1 Å². The van der Waals surface area contributed by atoms with Gasteiger partial charge in [-0.15, -0.1) is 0 Å². The van der Waals surface area contributed by atoms with Gasteiger partial charge in [-0.25, -0.2) is 0 Å². The number of rotatable bonds is 7. The lowest BCUT2D eigenvalue weighted by Gasteiger charge is -2.12. The van der Waals surface area contributed by atoms with Crippen LogP contribution < -0.4 is 10.6 Å². The summed E-state index contributed by atoms with van der Waals surface area (Å²) in [4.78, 5) is 0. The SMILES string of the molecule is CCCCNCCNc1ccc(C#N)c(Cl)c1C. The highest BCUT2D eigenvalue weighted by Gasteiger charge is 2.06. The molecule has 0 unspecified atom stereocenters. The molecule has 0 aromatic heterocycles. The number of unbranched alkanes of at least 4 members (excludes halogenated alkanes) is 1. The number of hydrogen-bond donors (Lipinski definition) is 2. The maximum atomic E-state index is 8.87. The van der Waals surface area contributed by atoms with Gasteiger partial charge in [0.15, 0.2) is 0 Å². The first-order valence-corrected chi connectivity index (χ1v) is 6.72. The first-order chi connectivity index (χ1) is 8.70. The van der Waals surface area contributed by atoms with E-state index in [0.717, 1.165) is 30.9 Å². The van der Waals surface area contributed by atoms with Crippen molar-refractivity contribution in [3.63, 3.8) is 0 Å². The molecule has 0 aliphatic heterocycles. The standard InChI is InChI=1S/C14H20ClN3/c1-3-4-7-17-8-9-18-13-6-5-12(10-16)14(15)11(13)2/h5-6,17-18H,3-4,7-9H2,1-2H3. The van der Waals surface area contributed by atoms with Crippen LogP contribution in [0, 0.1) is 18.3 Å². The van der Waals surface area contributed by atoms with Crippen LogP contribution in [0.25, 0.3) is 0 Å². The number of nitrogens with one attached hydrogen (secondary N) is 2. The van der Waals surface area contributed by atoms with Gasteiger partial charge >= 0.3 is 0 Å². The molecule has 0 atom stereocenters. The largest absolute Gasteiger partial charge is 0.384 e. The van der Waals surface area contributed by atoms with Crippen LogP contribution in [-0.2, 0) is 0 Å². The van der Waals surface area contributed by atoms with Crippen molar-refractivity contribution in [2.45, 2.75) is 26.7 Å². The van der Waals surface area contributed by atoms with E-state index in [-0.39, 0.29) is 0 Å². The van der Waals surface area contributed by atoms with Gasteiger partial charge in [0.25, 0.3) is 0 Å². The second kappa shape index (κ2) is 7.97. The van der Waals surface area contributed by atoms with E-state index < -0.39 is 0 Å². The van der Waals surface area contributed by atoms with Crippen molar-refractivity contribution in [3.05, 3.63) is 28.3 Å².